The molecule has 0 unspecified atom stereocenters. The average Bonchev–Trinajstić information content (AvgIpc) is 3.11. The first-order chi connectivity index (χ1) is 12.2. The van der Waals surface area contributed by atoms with Crippen molar-refractivity contribution < 1.29 is 9.53 Å². The van der Waals surface area contributed by atoms with Gasteiger partial charge in [0.15, 0.2) is 5.96 Å². The molecule has 9 heteroatoms. The molecule has 0 fully saturated rings. The van der Waals surface area contributed by atoms with Gasteiger partial charge >= 0.3 is 5.97 Å². The van der Waals surface area contributed by atoms with Crippen LogP contribution in [0.15, 0.2) is 35.6 Å². The van der Waals surface area contributed by atoms with Crippen LogP contribution >= 0.6 is 24.0 Å². The monoisotopic (exact) mass is 472 g/mol. The van der Waals surface area contributed by atoms with Crippen LogP contribution in [0.2, 0.25) is 0 Å². The summed E-state index contributed by atoms with van der Waals surface area (Å²) in [6.07, 6.45) is 2.59. The Labute approximate surface area is 170 Å². The minimum Gasteiger partial charge on any atom is -0.465 e. The van der Waals surface area contributed by atoms with E-state index in [9.17, 15) is 4.79 Å². The molecule has 0 amide bonds. The van der Waals surface area contributed by atoms with Crippen LogP contribution in [0.1, 0.15) is 28.7 Å². The van der Waals surface area contributed by atoms with Gasteiger partial charge in [0.2, 0.25) is 0 Å². The highest BCUT2D eigenvalue weighted by atomic mass is 127. The molecule has 1 heterocycles. The van der Waals surface area contributed by atoms with E-state index in [1.165, 1.54) is 7.11 Å². The number of aromatic nitrogens is 3. The fourth-order valence-electron chi connectivity index (χ4n) is 2.32. The van der Waals surface area contributed by atoms with E-state index in [0.29, 0.717) is 24.6 Å². The van der Waals surface area contributed by atoms with E-state index in [1.54, 1.807) is 25.5 Å². The minimum absolute atomic E-state index is 0. The Kier molecular flexibility index (Phi) is 9.63. The lowest BCUT2D eigenvalue weighted by atomic mass is 10.1. The molecule has 2 rings (SSSR count). The highest BCUT2D eigenvalue weighted by Gasteiger charge is 2.05. The van der Waals surface area contributed by atoms with Crippen molar-refractivity contribution in [3.63, 3.8) is 0 Å². The van der Waals surface area contributed by atoms with Crippen LogP contribution in [-0.4, -0.2) is 47.4 Å². The summed E-state index contributed by atoms with van der Waals surface area (Å²) in [5.74, 6) is 1.34. The number of hydrogen-bond donors (Lipinski definition) is 2. The molecule has 2 N–H and O–H groups in total. The molecule has 0 bridgehead atoms. The number of guanidine groups is 1. The molecule has 1 aromatic carbocycles. The predicted molar refractivity (Wildman–Crippen MR) is 111 cm³/mol. The highest BCUT2D eigenvalue weighted by Crippen LogP contribution is 2.05. The van der Waals surface area contributed by atoms with E-state index < -0.39 is 0 Å². The minimum atomic E-state index is -0.336. The molecule has 0 saturated carbocycles. The van der Waals surface area contributed by atoms with Gasteiger partial charge in [-0.05, 0) is 17.7 Å². The third-order valence-electron chi connectivity index (χ3n) is 3.72. The summed E-state index contributed by atoms with van der Waals surface area (Å²) in [7, 11) is 3.10. The Bertz CT molecular complexity index is 714. The first-order valence-electron chi connectivity index (χ1n) is 8.16. The molecule has 142 valence electrons. The summed E-state index contributed by atoms with van der Waals surface area (Å²) < 4.78 is 6.71. The van der Waals surface area contributed by atoms with Crippen LogP contribution in [0.5, 0.6) is 0 Å². The summed E-state index contributed by atoms with van der Waals surface area (Å²) in [5, 5.41) is 14.5. The van der Waals surface area contributed by atoms with Gasteiger partial charge in [-0.1, -0.05) is 19.1 Å². The lowest BCUT2D eigenvalue weighted by molar-refractivity contribution is 0.0600. The summed E-state index contributed by atoms with van der Waals surface area (Å²) in [6, 6.07) is 7.27. The van der Waals surface area contributed by atoms with E-state index in [0.717, 1.165) is 24.4 Å². The molecule has 8 nitrogen and oxygen atoms in total. The molecule has 1 aromatic heterocycles. The first-order valence-corrected chi connectivity index (χ1v) is 8.16. The van der Waals surface area contributed by atoms with E-state index >= 15 is 0 Å². The third-order valence-corrected chi connectivity index (χ3v) is 3.72. The first kappa shape index (κ1) is 21.9. The van der Waals surface area contributed by atoms with E-state index in [1.807, 2.05) is 16.7 Å². The number of nitrogens with zero attached hydrogens (tertiary/aromatic N) is 4. The topological polar surface area (TPSA) is 93.4 Å². The van der Waals surface area contributed by atoms with Crippen molar-refractivity contribution in [3.05, 3.63) is 47.5 Å². The molecule has 0 radical (unpaired) electrons. The number of benzene rings is 1. The van der Waals surface area contributed by atoms with E-state index in [-0.39, 0.29) is 29.9 Å². The number of nitrogens with one attached hydrogen (secondary N) is 2. The van der Waals surface area contributed by atoms with Crippen molar-refractivity contribution in [1.29, 1.82) is 0 Å². The quantitative estimate of drug-likeness (QED) is 0.275. The van der Waals surface area contributed by atoms with Crippen LogP contribution in [-0.2, 0) is 24.2 Å². The largest absolute Gasteiger partial charge is 0.465 e. The number of methoxy groups -OCH3 is 1. The lowest BCUT2D eigenvalue weighted by Gasteiger charge is -2.13. The molecule has 26 heavy (non-hydrogen) atoms. The molecule has 2 aromatic rings. The van der Waals surface area contributed by atoms with E-state index in [2.05, 4.69) is 37.5 Å². The fourth-order valence-corrected chi connectivity index (χ4v) is 2.32. The SMILES string of the molecule is CCc1nncn1CCNC(=NC)NCc1ccc(C(=O)OC)cc1.I. The summed E-state index contributed by atoms with van der Waals surface area (Å²) in [5.41, 5.74) is 1.58. The second-order valence-electron chi connectivity index (χ2n) is 5.34. The number of carbonyl (C=O) groups excluding carboxylic acids is 1. The van der Waals surface area contributed by atoms with Crippen LogP contribution < -0.4 is 10.6 Å². The molecule has 0 aliphatic heterocycles. The Morgan fingerprint density at radius 1 is 1.27 bits per heavy atom. The van der Waals surface area contributed by atoms with Crippen molar-refractivity contribution in [1.82, 2.24) is 25.4 Å². The second-order valence-corrected chi connectivity index (χ2v) is 5.34. The van der Waals surface area contributed by atoms with Gasteiger partial charge in [-0.2, -0.15) is 0 Å². The van der Waals surface area contributed by atoms with Gasteiger partial charge in [0.1, 0.15) is 12.2 Å². The van der Waals surface area contributed by atoms with Crippen LogP contribution in [0.4, 0.5) is 0 Å². The number of halogens is 1. The van der Waals surface area contributed by atoms with Crippen molar-refractivity contribution >= 4 is 35.9 Å². The van der Waals surface area contributed by atoms with Gasteiger partial charge in [0.05, 0.1) is 12.7 Å². The van der Waals surface area contributed by atoms with Crippen LogP contribution in [0.3, 0.4) is 0 Å². The number of esters is 1. The Morgan fingerprint density at radius 2 is 2.00 bits per heavy atom. The molecule has 0 atom stereocenters. The second kappa shape index (κ2) is 11.4. The maximum Gasteiger partial charge on any atom is 0.337 e. The van der Waals surface area contributed by atoms with Crippen LogP contribution in [0, 0.1) is 0 Å². The van der Waals surface area contributed by atoms with Gasteiger partial charge in [-0.15, -0.1) is 34.2 Å². The average molecular weight is 472 g/mol. The standard InChI is InChI=1S/C17H24N6O2.HI/c1-4-15-22-21-12-23(15)10-9-19-17(18-2)20-11-13-5-7-14(8-6-13)16(24)25-3;/h5-8,12H,4,9-11H2,1-3H3,(H2,18,19,20);1H. The number of rotatable bonds is 7. The van der Waals surface area contributed by atoms with Gasteiger partial charge < -0.3 is 19.9 Å². The van der Waals surface area contributed by atoms with Gasteiger partial charge in [-0.3, -0.25) is 4.99 Å². The molecule has 0 spiro atoms. The summed E-state index contributed by atoms with van der Waals surface area (Å²) >= 11 is 0. The van der Waals surface area contributed by atoms with Crippen molar-refractivity contribution in [2.24, 2.45) is 4.99 Å². The zero-order valence-electron chi connectivity index (χ0n) is 15.2. The number of ether oxygens (including phenoxy) is 1. The smallest absolute Gasteiger partial charge is 0.337 e. The number of aryl methyl sites for hydroxylation is 1. The molecule has 0 aliphatic carbocycles. The Balaban J connectivity index is 0.00000338. The highest BCUT2D eigenvalue weighted by molar-refractivity contribution is 14.0. The van der Waals surface area contributed by atoms with Crippen molar-refractivity contribution in [2.75, 3.05) is 20.7 Å². The van der Waals surface area contributed by atoms with Gasteiger partial charge in [0.25, 0.3) is 0 Å². The normalized spacial score (nSPS) is 10.8. The zero-order valence-corrected chi connectivity index (χ0v) is 17.6. The summed E-state index contributed by atoms with van der Waals surface area (Å²) in [4.78, 5) is 15.6. The van der Waals surface area contributed by atoms with Crippen LogP contribution in [0.25, 0.3) is 0 Å². The van der Waals surface area contributed by atoms with Gasteiger partial charge in [-0.25, -0.2) is 4.79 Å². The Hall–Kier alpha value is -2.17. The van der Waals surface area contributed by atoms with E-state index in [4.69, 9.17) is 0 Å². The maximum atomic E-state index is 11.4. The number of carbonyl (C=O) groups is 1. The molecule has 0 saturated heterocycles. The maximum absolute atomic E-state index is 11.4. The summed E-state index contributed by atoms with van der Waals surface area (Å²) in [6.45, 7) is 4.14. The number of aliphatic imine (C=N–C) groups is 1. The lowest BCUT2D eigenvalue weighted by Crippen LogP contribution is -2.38. The molecular weight excluding hydrogens is 447 g/mol. The third kappa shape index (κ3) is 6.28. The van der Waals surface area contributed by atoms with Gasteiger partial charge in [0, 0.05) is 33.1 Å². The zero-order chi connectivity index (χ0) is 18.1. The fraction of sp³-hybridized carbons (Fsp3) is 0.412. The van der Waals surface area contributed by atoms with Crippen molar-refractivity contribution in [3.8, 4) is 0 Å². The number of hydrogen-bond acceptors (Lipinski definition) is 5. The Morgan fingerprint density at radius 3 is 2.62 bits per heavy atom. The molecule has 0 aliphatic rings. The van der Waals surface area contributed by atoms with Crippen molar-refractivity contribution in [2.45, 2.75) is 26.4 Å². The predicted octanol–water partition coefficient (Wildman–Crippen LogP) is 1.61. The molecular formula is C17H25IN6O2.